The normalized spacial score (nSPS) is 13.0. The fourth-order valence-electron chi connectivity index (χ4n) is 2.50. The molecule has 0 saturated heterocycles. The number of nitriles is 1. The van der Waals surface area contributed by atoms with Crippen LogP contribution in [0, 0.1) is 11.3 Å². The van der Waals surface area contributed by atoms with E-state index in [4.69, 9.17) is 14.3 Å². The van der Waals surface area contributed by atoms with Gasteiger partial charge < -0.3 is 0 Å². The van der Waals surface area contributed by atoms with Crippen LogP contribution in [0.15, 0.2) is 0 Å². The van der Waals surface area contributed by atoms with Gasteiger partial charge in [-0.3, -0.25) is 0 Å². The van der Waals surface area contributed by atoms with E-state index in [0.717, 1.165) is 0 Å². The summed E-state index contributed by atoms with van der Waals surface area (Å²) in [6, 6.07) is 2.88. The van der Waals surface area contributed by atoms with Crippen LogP contribution in [-0.4, -0.2) is 35.1 Å². The standard InChI is InChI=1S/C15H32N2O2P/c1-12(2)17(13(3)4)20(11-9-10-16,18-14(5)6)19-15(7)8/h12-15H,9,11H2,1-8H3/q+1. The second kappa shape index (κ2) is 8.95. The van der Waals surface area contributed by atoms with Gasteiger partial charge in [0.2, 0.25) is 0 Å². The molecule has 0 fully saturated rings. The maximum absolute atomic E-state index is 8.99. The van der Waals surface area contributed by atoms with Gasteiger partial charge in [0.15, 0.2) is 0 Å². The van der Waals surface area contributed by atoms with Crippen LogP contribution in [0.3, 0.4) is 0 Å². The number of rotatable bonds is 9. The molecule has 0 saturated carbocycles. The predicted octanol–water partition coefficient (Wildman–Crippen LogP) is 4.63. The minimum Gasteiger partial charge on any atom is -0.198 e. The van der Waals surface area contributed by atoms with Gasteiger partial charge in [-0.2, -0.15) is 14.3 Å². The van der Waals surface area contributed by atoms with Crippen molar-refractivity contribution in [3.63, 3.8) is 0 Å². The molecule has 0 aliphatic heterocycles. The lowest BCUT2D eigenvalue weighted by atomic mass is 10.3. The Morgan fingerprint density at radius 1 is 0.900 bits per heavy atom. The molecule has 4 nitrogen and oxygen atoms in total. The van der Waals surface area contributed by atoms with Gasteiger partial charge in [-0.25, -0.2) is 0 Å². The van der Waals surface area contributed by atoms with Crippen LogP contribution in [0.1, 0.15) is 61.8 Å². The molecule has 118 valence electrons. The summed E-state index contributed by atoms with van der Waals surface area (Å²) in [6.45, 7) is 16.8. The number of nitrogens with zero attached hydrogens (tertiary/aromatic N) is 2. The second-order valence-corrected chi connectivity index (χ2v) is 8.75. The molecule has 0 aromatic carbocycles. The molecule has 0 aromatic heterocycles. The van der Waals surface area contributed by atoms with Gasteiger partial charge in [-0.05, 0) is 55.4 Å². The van der Waals surface area contributed by atoms with E-state index in [0.29, 0.717) is 24.7 Å². The van der Waals surface area contributed by atoms with Gasteiger partial charge in [0.1, 0.15) is 18.4 Å². The molecule has 0 amide bonds. The Labute approximate surface area is 126 Å². The topological polar surface area (TPSA) is 45.5 Å². The summed E-state index contributed by atoms with van der Waals surface area (Å²) in [5.74, 6) is 0. The van der Waals surface area contributed by atoms with Crippen molar-refractivity contribution in [3.05, 3.63) is 0 Å². The molecule has 0 bridgehead atoms. The number of hydrogen-bond acceptors (Lipinski definition) is 4. The van der Waals surface area contributed by atoms with E-state index >= 15 is 0 Å². The first-order chi connectivity index (χ1) is 9.16. The molecular formula is C15H32N2O2P+. The van der Waals surface area contributed by atoms with Gasteiger partial charge in [-0.15, -0.1) is 4.67 Å². The van der Waals surface area contributed by atoms with Gasteiger partial charge in [0.25, 0.3) is 0 Å². The van der Waals surface area contributed by atoms with E-state index in [2.05, 4.69) is 38.4 Å². The van der Waals surface area contributed by atoms with Crippen LogP contribution in [0.2, 0.25) is 0 Å². The van der Waals surface area contributed by atoms with E-state index in [1.54, 1.807) is 0 Å². The smallest absolute Gasteiger partial charge is 0.198 e. The Hall–Kier alpha value is -0.200. The van der Waals surface area contributed by atoms with E-state index in [9.17, 15) is 0 Å². The summed E-state index contributed by atoms with van der Waals surface area (Å²) < 4.78 is 14.9. The largest absolute Gasteiger partial charge is 0.350 e. The van der Waals surface area contributed by atoms with Crippen molar-refractivity contribution in [2.75, 3.05) is 6.16 Å². The fraction of sp³-hybridized carbons (Fsp3) is 0.933. The molecule has 0 atom stereocenters. The van der Waals surface area contributed by atoms with Gasteiger partial charge in [-0.1, -0.05) is 0 Å². The lowest BCUT2D eigenvalue weighted by Crippen LogP contribution is -2.41. The molecule has 0 unspecified atom stereocenters. The molecule has 0 rings (SSSR count). The van der Waals surface area contributed by atoms with E-state index in [-0.39, 0.29) is 12.2 Å². The average Bonchev–Trinajstić information content (AvgIpc) is 2.22. The highest BCUT2D eigenvalue weighted by Gasteiger charge is 2.53. The first kappa shape index (κ1) is 19.8. The fourth-order valence-corrected chi connectivity index (χ4v) is 6.32. The van der Waals surface area contributed by atoms with Crippen molar-refractivity contribution in [1.29, 1.82) is 5.26 Å². The summed E-state index contributed by atoms with van der Waals surface area (Å²) in [7, 11) is -2.24. The van der Waals surface area contributed by atoms with E-state index < -0.39 is 7.87 Å². The van der Waals surface area contributed by atoms with Crippen LogP contribution in [0.25, 0.3) is 0 Å². The van der Waals surface area contributed by atoms with Crippen LogP contribution in [0.5, 0.6) is 0 Å². The molecule has 0 spiro atoms. The molecule has 0 radical (unpaired) electrons. The molecule has 0 heterocycles. The Morgan fingerprint density at radius 3 is 1.55 bits per heavy atom. The van der Waals surface area contributed by atoms with Crippen LogP contribution in [0.4, 0.5) is 0 Å². The summed E-state index contributed by atoms with van der Waals surface area (Å²) in [5.41, 5.74) is 0. The van der Waals surface area contributed by atoms with Crippen molar-refractivity contribution < 1.29 is 9.05 Å². The summed E-state index contributed by atoms with van der Waals surface area (Å²) in [6.07, 6.45) is 1.29. The Bertz CT molecular complexity index is 293. The van der Waals surface area contributed by atoms with E-state index in [1.165, 1.54) is 0 Å². The van der Waals surface area contributed by atoms with Crippen LogP contribution in [-0.2, 0) is 9.05 Å². The Balaban J connectivity index is 5.58. The highest BCUT2D eigenvalue weighted by Crippen LogP contribution is 2.67. The minimum atomic E-state index is -2.24. The Morgan fingerprint density at radius 2 is 1.30 bits per heavy atom. The highest BCUT2D eigenvalue weighted by molar-refractivity contribution is 7.64. The lowest BCUT2D eigenvalue weighted by Gasteiger charge is -2.39. The van der Waals surface area contributed by atoms with Crippen molar-refractivity contribution >= 4 is 7.87 Å². The predicted molar refractivity (Wildman–Crippen MR) is 86.6 cm³/mol. The zero-order chi connectivity index (χ0) is 15.9. The molecule has 20 heavy (non-hydrogen) atoms. The van der Waals surface area contributed by atoms with Crippen molar-refractivity contribution in [2.24, 2.45) is 0 Å². The third-order valence-electron chi connectivity index (χ3n) is 2.67. The summed E-state index contributed by atoms with van der Waals surface area (Å²) in [5, 5.41) is 8.99. The maximum atomic E-state index is 8.99. The highest BCUT2D eigenvalue weighted by atomic mass is 31.2. The molecule has 0 aliphatic carbocycles. The SMILES string of the molecule is CC(C)O[P+](CCC#N)(OC(C)C)N(C(C)C)C(C)C. The van der Waals surface area contributed by atoms with Gasteiger partial charge >= 0.3 is 7.87 Å². The van der Waals surface area contributed by atoms with E-state index in [1.807, 2.05) is 27.7 Å². The quantitative estimate of drug-likeness (QED) is 0.582. The molecular weight excluding hydrogens is 271 g/mol. The third kappa shape index (κ3) is 6.06. The van der Waals surface area contributed by atoms with Crippen LogP contribution < -0.4 is 0 Å². The van der Waals surface area contributed by atoms with Gasteiger partial charge in [0, 0.05) is 12.1 Å². The molecule has 0 N–H and O–H groups in total. The van der Waals surface area contributed by atoms with Crippen LogP contribution >= 0.6 is 7.87 Å². The number of hydrogen-bond donors (Lipinski definition) is 0. The molecule has 0 aliphatic rings. The zero-order valence-electron chi connectivity index (χ0n) is 14.4. The zero-order valence-corrected chi connectivity index (χ0v) is 15.3. The maximum Gasteiger partial charge on any atom is 0.350 e. The lowest BCUT2D eigenvalue weighted by molar-refractivity contribution is 0.107. The van der Waals surface area contributed by atoms with Crippen molar-refractivity contribution in [1.82, 2.24) is 4.67 Å². The molecule has 5 heteroatoms. The summed E-state index contributed by atoms with van der Waals surface area (Å²) >= 11 is 0. The average molecular weight is 303 g/mol. The first-order valence-corrected chi connectivity index (χ1v) is 9.33. The third-order valence-corrected chi connectivity index (χ3v) is 6.59. The first-order valence-electron chi connectivity index (χ1n) is 7.57. The monoisotopic (exact) mass is 303 g/mol. The minimum absolute atomic E-state index is 0.0841. The summed E-state index contributed by atoms with van der Waals surface area (Å²) in [4.78, 5) is 0. The van der Waals surface area contributed by atoms with Crippen molar-refractivity contribution in [2.45, 2.75) is 86.1 Å². The van der Waals surface area contributed by atoms with Crippen molar-refractivity contribution in [3.8, 4) is 6.07 Å². The Kier molecular flexibility index (Phi) is 8.86. The van der Waals surface area contributed by atoms with Gasteiger partial charge in [0.05, 0.1) is 12.5 Å². The second-order valence-electron chi connectivity index (χ2n) is 6.15. The molecule has 0 aromatic rings.